The maximum atomic E-state index is 12.5. The molecule has 1 N–H and O–H groups in total. The molecule has 0 aliphatic heterocycles. The summed E-state index contributed by atoms with van der Waals surface area (Å²) in [5.74, 6) is 1.38. The predicted octanol–water partition coefficient (Wildman–Crippen LogP) is 4.38. The van der Waals surface area contributed by atoms with Gasteiger partial charge in [-0.05, 0) is 43.3 Å². The number of pyridine rings is 1. The molecule has 4 rings (SSSR count). The van der Waals surface area contributed by atoms with E-state index in [1.165, 1.54) is 11.8 Å². The fraction of sp³-hybridized carbons (Fsp3) is 0.130. The van der Waals surface area contributed by atoms with Gasteiger partial charge < -0.3 is 10.1 Å². The molecule has 156 valence electrons. The third-order valence-corrected chi connectivity index (χ3v) is 5.44. The van der Waals surface area contributed by atoms with Crippen LogP contribution in [-0.2, 0) is 4.79 Å². The number of amides is 1. The van der Waals surface area contributed by atoms with Crippen LogP contribution in [0.2, 0.25) is 0 Å². The van der Waals surface area contributed by atoms with E-state index >= 15 is 0 Å². The van der Waals surface area contributed by atoms with Crippen LogP contribution >= 0.6 is 11.8 Å². The molecule has 4 aromatic rings. The Kier molecular flexibility index (Phi) is 6.28. The smallest absolute Gasteiger partial charge is 0.234 e. The van der Waals surface area contributed by atoms with Gasteiger partial charge in [0.15, 0.2) is 11.0 Å². The van der Waals surface area contributed by atoms with Crippen molar-refractivity contribution in [3.8, 4) is 23.0 Å². The Morgan fingerprint density at radius 2 is 1.90 bits per heavy atom. The first kappa shape index (κ1) is 20.6. The first-order chi connectivity index (χ1) is 15.1. The molecule has 0 aliphatic carbocycles. The molecule has 0 aliphatic rings. The van der Waals surface area contributed by atoms with E-state index in [4.69, 9.17) is 4.74 Å². The number of aryl methyl sites for hydroxylation is 1. The van der Waals surface area contributed by atoms with Crippen molar-refractivity contribution < 1.29 is 9.53 Å². The zero-order chi connectivity index (χ0) is 21.6. The Morgan fingerprint density at radius 3 is 2.65 bits per heavy atom. The minimum absolute atomic E-state index is 0.117. The summed E-state index contributed by atoms with van der Waals surface area (Å²) in [5.41, 5.74) is 3.42. The topological polar surface area (TPSA) is 81.9 Å². The number of nitrogens with zero attached hydrogens (tertiary/aromatic N) is 4. The average Bonchev–Trinajstić information content (AvgIpc) is 3.24. The monoisotopic (exact) mass is 431 g/mol. The molecule has 1 amide bonds. The number of carbonyl (C=O) groups excluding carboxylic acids is 1. The first-order valence-corrected chi connectivity index (χ1v) is 10.6. The van der Waals surface area contributed by atoms with Gasteiger partial charge in [0.2, 0.25) is 5.91 Å². The number of anilines is 1. The van der Waals surface area contributed by atoms with Gasteiger partial charge in [-0.3, -0.25) is 14.3 Å². The molecule has 31 heavy (non-hydrogen) atoms. The van der Waals surface area contributed by atoms with Crippen LogP contribution in [0, 0.1) is 6.92 Å². The largest absolute Gasteiger partial charge is 0.497 e. The van der Waals surface area contributed by atoms with E-state index in [2.05, 4.69) is 20.5 Å². The second kappa shape index (κ2) is 9.44. The van der Waals surface area contributed by atoms with Crippen LogP contribution < -0.4 is 10.1 Å². The summed E-state index contributed by atoms with van der Waals surface area (Å²) in [5, 5.41) is 12.2. The van der Waals surface area contributed by atoms with Crippen molar-refractivity contribution in [1.29, 1.82) is 0 Å². The van der Waals surface area contributed by atoms with E-state index in [0.29, 0.717) is 22.4 Å². The number of hydrogen-bond donors (Lipinski definition) is 1. The highest BCUT2D eigenvalue weighted by molar-refractivity contribution is 7.99. The zero-order valence-electron chi connectivity index (χ0n) is 17.1. The number of aromatic nitrogens is 4. The average molecular weight is 432 g/mol. The van der Waals surface area contributed by atoms with Crippen LogP contribution in [0.5, 0.6) is 5.75 Å². The van der Waals surface area contributed by atoms with Gasteiger partial charge in [0.25, 0.3) is 0 Å². The van der Waals surface area contributed by atoms with E-state index in [-0.39, 0.29) is 11.7 Å². The zero-order valence-corrected chi connectivity index (χ0v) is 18.0. The molecule has 0 atom stereocenters. The number of benzene rings is 2. The number of thioether (sulfide) groups is 1. The van der Waals surface area contributed by atoms with Gasteiger partial charge in [-0.25, -0.2) is 0 Å². The number of ether oxygens (including phenoxy) is 1. The van der Waals surface area contributed by atoms with Gasteiger partial charge in [-0.2, -0.15) is 0 Å². The summed E-state index contributed by atoms with van der Waals surface area (Å²) in [7, 11) is 1.62. The van der Waals surface area contributed by atoms with Gasteiger partial charge in [0.1, 0.15) is 11.4 Å². The molecule has 2 heterocycles. The third kappa shape index (κ3) is 4.92. The van der Waals surface area contributed by atoms with Crippen molar-refractivity contribution in [2.45, 2.75) is 12.1 Å². The highest BCUT2D eigenvalue weighted by Gasteiger charge is 2.18. The summed E-state index contributed by atoms with van der Waals surface area (Å²) >= 11 is 1.31. The van der Waals surface area contributed by atoms with E-state index in [0.717, 1.165) is 16.9 Å². The van der Waals surface area contributed by atoms with Crippen LogP contribution in [0.1, 0.15) is 5.56 Å². The Hall–Kier alpha value is -3.65. The van der Waals surface area contributed by atoms with Crippen LogP contribution in [0.25, 0.3) is 17.2 Å². The van der Waals surface area contributed by atoms with Gasteiger partial charge in [0.05, 0.1) is 18.6 Å². The lowest BCUT2D eigenvalue weighted by Crippen LogP contribution is -2.14. The summed E-state index contributed by atoms with van der Waals surface area (Å²) in [6, 6.07) is 20.9. The number of rotatable bonds is 7. The van der Waals surface area contributed by atoms with Crippen molar-refractivity contribution in [1.82, 2.24) is 19.7 Å². The molecule has 0 saturated carbocycles. The van der Waals surface area contributed by atoms with Crippen molar-refractivity contribution in [2.75, 3.05) is 18.2 Å². The molecule has 0 radical (unpaired) electrons. The molecule has 7 nitrogen and oxygen atoms in total. The number of nitrogens with one attached hydrogen (secondary N) is 1. The molecule has 0 spiro atoms. The lowest BCUT2D eigenvalue weighted by Gasteiger charge is -2.11. The van der Waals surface area contributed by atoms with Crippen LogP contribution in [-0.4, -0.2) is 38.5 Å². The fourth-order valence-corrected chi connectivity index (χ4v) is 3.72. The Labute approximate surface area is 184 Å². The second-order valence-corrected chi connectivity index (χ2v) is 7.70. The maximum Gasteiger partial charge on any atom is 0.234 e. The SMILES string of the molecule is COc1cccc(-n2c(SCC(=O)Nc3ccc(C)cc3)nnc2-c2ccccn2)c1. The molecule has 0 bridgehead atoms. The summed E-state index contributed by atoms with van der Waals surface area (Å²) < 4.78 is 7.25. The number of hydrogen-bond acceptors (Lipinski definition) is 6. The molecule has 2 aromatic heterocycles. The molecule has 2 aromatic carbocycles. The molecular weight excluding hydrogens is 410 g/mol. The van der Waals surface area contributed by atoms with E-state index in [1.807, 2.05) is 78.2 Å². The van der Waals surface area contributed by atoms with E-state index < -0.39 is 0 Å². The molecule has 0 unspecified atom stereocenters. The van der Waals surface area contributed by atoms with Crippen LogP contribution in [0.3, 0.4) is 0 Å². The van der Waals surface area contributed by atoms with Gasteiger partial charge in [-0.1, -0.05) is 41.6 Å². The Bertz CT molecular complexity index is 1180. The van der Waals surface area contributed by atoms with Gasteiger partial charge in [-0.15, -0.1) is 10.2 Å². The molecule has 0 fully saturated rings. The third-order valence-electron chi connectivity index (χ3n) is 4.51. The normalized spacial score (nSPS) is 10.6. The first-order valence-electron chi connectivity index (χ1n) is 9.64. The van der Waals surface area contributed by atoms with Gasteiger partial charge >= 0.3 is 0 Å². The van der Waals surface area contributed by atoms with Crippen molar-refractivity contribution in [3.05, 3.63) is 78.5 Å². The lowest BCUT2D eigenvalue weighted by atomic mass is 10.2. The quantitative estimate of drug-likeness (QED) is 0.438. The Morgan fingerprint density at radius 1 is 1.06 bits per heavy atom. The minimum atomic E-state index is -0.117. The number of methoxy groups -OCH3 is 1. The van der Waals surface area contributed by atoms with Crippen molar-refractivity contribution in [3.63, 3.8) is 0 Å². The fourth-order valence-electron chi connectivity index (χ4n) is 2.97. The summed E-state index contributed by atoms with van der Waals surface area (Å²) in [6.45, 7) is 2.01. The van der Waals surface area contributed by atoms with Crippen LogP contribution in [0.4, 0.5) is 5.69 Å². The predicted molar refractivity (Wildman–Crippen MR) is 122 cm³/mol. The molecular formula is C23H21N5O2S. The minimum Gasteiger partial charge on any atom is -0.497 e. The van der Waals surface area contributed by atoms with E-state index in [9.17, 15) is 4.79 Å². The molecule has 8 heteroatoms. The Balaban J connectivity index is 1.60. The van der Waals surface area contributed by atoms with Crippen LogP contribution in [0.15, 0.2) is 78.1 Å². The van der Waals surface area contributed by atoms with Crippen molar-refractivity contribution in [2.24, 2.45) is 0 Å². The second-order valence-electron chi connectivity index (χ2n) is 6.76. The summed E-state index contributed by atoms with van der Waals surface area (Å²) in [6.07, 6.45) is 1.71. The highest BCUT2D eigenvalue weighted by atomic mass is 32.2. The van der Waals surface area contributed by atoms with E-state index in [1.54, 1.807) is 13.3 Å². The maximum absolute atomic E-state index is 12.5. The number of carbonyl (C=O) groups is 1. The highest BCUT2D eigenvalue weighted by Crippen LogP contribution is 2.28. The standard InChI is InChI=1S/C23H21N5O2S/c1-16-9-11-17(12-10-16)25-21(29)15-31-23-27-26-22(20-8-3-4-13-24-20)28(23)18-6-5-7-19(14-18)30-2/h3-14H,15H2,1-2H3,(H,25,29). The van der Waals surface area contributed by atoms with Gasteiger partial charge in [0, 0.05) is 18.0 Å². The molecule has 0 saturated heterocycles. The lowest BCUT2D eigenvalue weighted by molar-refractivity contribution is -0.113. The summed E-state index contributed by atoms with van der Waals surface area (Å²) in [4.78, 5) is 16.9. The van der Waals surface area contributed by atoms with Crippen molar-refractivity contribution >= 4 is 23.4 Å².